The van der Waals surface area contributed by atoms with Crippen molar-refractivity contribution in [2.24, 2.45) is 11.7 Å². The fraction of sp³-hybridized carbons (Fsp3) is 0.562. The van der Waals surface area contributed by atoms with Gasteiger partial charge in [0.05, 0.1) is 13.5 Å². The molecule has 4 nitrogen and oxygen atoms in total. The van der Waals surface area contributed by atoms with E-state index in [-0.39, 0.29) is 24.4 Å². The van der Waals surface area contributed by atoms with Gasteiger partial charge in [0.25, 0.3) is 0 Å². The van der Waals surface area contributed by atoms with Crippen LogP contribution in [0, 0.1) is 5.92 Å². The molecule has 1 aliphatic rings. The highest BCUT2D eigenvalue weighted by atomic mass is 35.5. The third kappa shape index (κ3) is 4.90. The van der Waals surface area contributed by atoms with Crippen molar-refractivity contribution in [2.45, 2.75) is 32.2 Å². The van der Waals surface area contributed by atoms with E-state index in [2.05, 4.69) is 6.92 Å². The zero-order valence-corrected chi connectivity index (χ0v) is 13.6. The summed E-state index contributed by atoms with van der Waals surface area (Å²) in [6.45, 7) is 3.72. The lowest BCUT2D eigenvalue weighted by molar-refractivity contribution is -0.131. The molecule has 0 saturated carbocycles. The summed E-state index contributed by atoms with van der Waals surface area (Å²) in [6, 6.07) is 7.92. The summed E-state index contributed by atoms with van der Waals surface area (Å²) in [5.74, 6) is 1.58. The molecule has 0 aliphatic carbocycles. The van der Waals surface area contributed by atoms with Crippen molar-refractivity contribution in [3.05, 3.63) is 29.8 Å². The Kier molecular flexibility index (Phi) is 6.99. The highest BCUT2D eigenvalue weighted by Crippen LogP contribution is 2.20. The molecule has 0 radical (unpaired) electrons. The van der Waals surface area contributed by atoms with E-state index in [1.807, 2.05) is 29.2 Å². The summed E-state index contributed by atoms with van der Waals surface area (Å²) in [6.07, 6.45) is 2.50. The number of benzene rings is 1. The Labute approximate surface area is 133 Å². The van der Waals surface area contributed by atoms with Gasteiger partial charge in [0.1, 0.15) is 5.75 Å². The SMILES string of the molecule is COc1ccc(CC(=O)N2CCC(C(C)N)CC2)cc1.Cl. The van der Waals surface area contributed by atoms with E-state index in [0.29, 0.717) is 12.3 Å². The molecule has 0 spiro atoms. The molecule has 2 N–H and O–H groups in total. The average molecular weight is 313 g/mol. The van der Waals surface area contributed by atoms with Gasteiger partial charge in [-0.3, -0.25) is 4.79 Å². The lowest BCUT2D eigenvalue weighted by Gasteiger charge is -2.33. The first-order valence-electron chi connectivity index (χ1n) is 7.26. The van der Waals surface area contributed by atoms with Crippen molar-refractivity contribution in [1.29, 1.82) is 0 Å². The number of hydrogen-bond donors (Lipinski definition) is 1. The molecule has 1 amide bonds. The number of nitrogens with two attached hydrogens (primary N) is 1. The van der Waals surface area contributed by atoms with Gasteiger partial charge < -0.3 is 15.4 Å². The first-order chi connectivity index (χ1) is 9.60. The molecular formula is C16H25ClN2O2. The number of hydrogen-bond acceptors (Lipinski definition) is 3. The molecule has 5 heteroatoms. The molecule has 0 bridgehead atoms. The number of carbonyl (C=O) groups excluding carboxylic acids is 1. The minimum Gasteiger partial charge on any atom is -0.497 e. The molecule has 118 valence electrons. The molecule has 1 aliphatic heterocycles. The normalized spacial score (nSPS) is 17.0. The van der Waals surface area contributed by atoms with Gasteiger partial charge >= 0.3 is 0 Å². The number of ether oxygens (including phenoxy) is 1. The molecule has 1 saturated heterocycles. The summed E-state index contributed by atoms with van der Waals surface area (Å²) in [7, 11) is 1.64. The first kappa shape index (κ1) is 17.8. The average Bonchev–Trinajstić information content (AvgIpc) is 2.48. The highest BCUT2D eigenvalue weighted by molar-refractivity contribution is 5.85. The fourth-order valence-electron chi connectivity index (χ4n) is 2.70. The maximum atomic E-state index is 12.3. The topological polar surface area (TPSA) is 55.6 Å². The molecule has 21 heavy (non-hydrogen) atoms. The van der Waals surface area contributed by atoms with E-state index < -0.39 is 0 Å². The van der Waals surface area contributed by atoms with Gasteiger partial charge in [-0.15, -0.1) is 12.4 Å². The van der Waals surface area contributed by atoms with Crippen LogP contribution in [0.3, 0.4) is 0 Å². The maximum absolute atomic E-state index is 12.3. The van der Waals surface area contributed by atoms with Crippen LogP contribution in [0.1, 0.15) is 25.3 Å². The van der Waals surface area contributed by atoms with E-state index in [0.717, 1.165) is 37.2 Å². The third-order valence-electron chi connectivity index (χ3n) is 4.15. The summed E-state index contributed by atoms with van der Waals surface area (Å²) >= 11 is 0. The van der Waals surface area contributed by atoms with Gasteiger partial charge in [0.2, 0.25) is 5.91 Å². The number of methoxy groups -OCH3 is 1. The number of likely N-dealkylation sites (tertiary alicyclic amines) is 1. The lowest BCUT2D eigenvalue weighted by Crippen LogP contribution is -2.43. The Bertz CT molecular complexity index is 440. The first-order valence-corrected chi connectivity index (χ1v) is 7.26. The van der Waals surface area contributed by atoms with Gasteiger partial charge in [0.15, 0.2) is 0 Å². The number of rotatable bonds is 4. The van der Waals surface area contributed by atoms with Crippen molar-refractivity contribution in [1.82, 2.24) is 4.90 Å². The Morgan fingerprint density at radius 3 is 2.38 bits per heavy atom. The van der Waals surface area contributed by atoms with Crippen LogP contribution < -0.4 is 10.5 Å². The third-order valence-corrected chi connectivity index (χ3v) is 4.15. The smallest absolute Gasteiger partial charge is 0.226 e. The van der Waals surface area contributed by atoms with E-state index in [4.69, 9.17) is 10.5 Å². The second-order valence-electron chi connectivity index (χ2n) is 5.60. The molecule has 1 heterocycles. The Hall–Kier alpha value is -1.26. The summed E-state index contributed by atoms with van der Waals surface area (Å²) in [5, 5.41) is 0. The predicted molar refractivity (Wildman–Crippen MR) is 86.9 cm³/mol. The van der Waals surface area contributed by atoms with Gasteiger partial charge in [-0.2, -0.15) is 0 Å². The maximum Gasteiger partial charge on any atom is 0.226 e. The van der Waals surface area contributed by atoms with Crippen LogP contribution in [0.4, 0.5) is 0 Å². The van der Waals surface area contributed by atoms with Gasteiger partial charge in [-0.05, 0) is 43.4 Å². The van der Waals surface area contributed by atoms with Crippen LogP contribution in [-0.4, -0.2) is 37.0 Å². The molecule has 0 aromatic heterocycles. The molecular weight excluding hydrogens is 288 g/mol. The molecule has 1 aromatic rings. The Balaban J connectivity index is 0.00000220. The number of piperidine rings is 1. The zero-order chi connectivity index (χ0) is 14.5. The largest absolute Gasteiger partial charge is 0.497 e. The van der Waals surface area contributed by atoms with Crippen LogP contribution in [0.15, 0.2) is 24.3 Å². The van der Waals surface area contributed by atoms with Crippen molar-refractivity contribution in [3.8, 4) is 5.75 Å². The Morgan fingerprint density at radius 2 is 1.90 bits per heavy atom. The number of halogens is 1. The lowest BCUT2D eigenvalue weighted by atomic mass is 9.91. The molecule has 1 aromatic carbocycles. The number of carbonyl (C=O) groups is 1. The van der Waals surface area contributed by atoms with Crippen LogP contribution in [-0.2, 0) is 11.2 Å². The van der Waals surface area contributed by atoms with E-state index in [1.54, 1.807) is 7.11 Å². The van der Waals surface area contributed by atoms with E-state index >= 15 is 0 Å². The monoisotopic (exact) mass is 312 g/mol. The van der Waals surface area contributed by atoms with Gasteiger partial charge in [-0.1, -0.05) is 12.1 Å². The van der Waals surface area contributed by atoms with E-state index in [9.17, 15) is 4.79 Å². The Morgan fingerprint density at radius 1 is 1.33 bits per heavy atom. The zero-order valence-electron chi connectivity index (χ0n) is 12.7. The van der Waals surface area contributed by atoms with E-state index in [1.165, 1.54) is 0 Å². The van der Waals surface area contributed by atoms with Crippen LogP contribution in [0.25, 0.3) is 0 Å². The summed E-state index contributed by atoms with van der Waals surface area (Å²) < 4.78 is 5.12. The van der Waals surface area contributed by atoms with Crippen LogP contribution in [0.2, 0.25) is 0 Å². The quantitative estimate of drug-likeness (QED) is 0.927. The highest BCUT2D eigenvalue weighted by Gasteiger charge is 2.24. The second-order valence-corrected chi connectivity index (χ2v) is 5.60. The van der Waals surface area contributed by atoms with Crippen molar-refractivity contribution < 1.29 is 9.53 Å². The van der Waals surface area contributed by atoms with Gasteiger partial charge in [-0.25, -0.2) is 0 Å². The fourth-order valence-corrected chi connectivity index (χ4v) is 2.70. The molecule has 1 atom stereocenters. The van der Waals surface area contributed by atoms with Crippen LogP contribution in [0.5, 0.6) is 5.75 Å². The summed E-state index contributed by atoms with van der Waals surface area (Å²) in [5.41, 5.74) is 6.96. The van der Waals surface area contributed by atoms with Crippen molar-refractivity contribution in [3.63, 3.8) is 0 Å². The minimum atomic E-state index is 0. The van der Waals surface area contributed by atoms with Gasteiger partial charge in [0, 0.05) is 19.1 Å². The molecule has 1 unspecified atom stereocenters. The number of nitrogens with zero attached hydrogens (tertiary/aromatic N) is 1. The number of amides is 1. The van der Waals surface area contributed by atoms with Crippen LogP contribution >= 0.6 is 12.4 Å². The van der Waals surface area contributed by atoms with Crippen molar-refractivity contribution >= 4 is 18.3 Å². The molecule has 2 rings (SSSR count). The second kappa shape index (κ2) is 8.25. The minimum absolute atomic E-state index is 0. The summed E-state index contributed by atoms with van der Waals surface area (Å²) in [4.78, 5) is 14.2. The standard InChI is InChI=1S/C16H24N2O2.ClH/c1-12(17)14-7-9-18(10-8-14)16(19)11-13-3-5-15(20-2)6-4-13;/h3-6,12,14H,7-11,17H2,1-2H3;1H. The molecule has 1 fully saturated rings. The van der Waals surface area contributed by atoms with Crippen molar-refractivity contribution in [2.75, 3.05) is 20.2 Å². The predicted octanol–water partition coefficient (Wildman–Crippen LogP) is 2.25.